The summed E-state index contributed by atoms with van der Waals surface area (Å²) in [7, 11) is 0. The third-order valence-corrected chi connectivity index (χ3v) is 13.8. The first kappa shape index (κ1) is 44.0. The molecule has 320 valence electrons. The maximum Gasteiger partial charge on any atom is 0.333 e. The SMILES string of the molecule is [C-]#[N+]C1=Nn2nc(CCCOC3CCCC(CCCCCCCCCCCCCCC)C3)nc2C12OC1CCCCC1NC(=O)N2C1CCC(N(CC)CC)CN1. The summed E-state index contributed by atoms with van der Waals surface area (Å²) in [5.41, 5.74) is -1.53. The predicted molar refractivity (Wildman–Crippen MR) is 227 cm³/mol. The molecule has 4 fully saturated rings. The van der Waals surface area contributed by atoms with Crippen molar-refractivity contribution in [2.75, 3.05) is 26.2 Å². The van der Waals surface area contributed by atoms with Gasteiger partial charge in [0.15, 0.2) is 5.82 Å². The molecule has 2 saturated heterocycles. The maximum absolute atomic E-state index is 14.3. The van der Waals surface area contributed by atoms with E-state index in [0.29, 0.717) is 36.8 Å². The molecular weight excluding hydrogens is 715 g/mol. The fourth-order valence-electron chi connectivity index (χ4n) is 10.5. The van der Waals surface area contributed by atoms with Gasteiger partial charge in [-0.15, -0.1) is 5.10 Å². The number of aryl methyl sites for hydroxylation is 1. The Kier molecular flexibility index (Phi) is 17.5. The molecule has 12 nitrogen and oxygen atoms in total. The number of hydrogen-bond acceptors (Lipinski definition) is 8. The maximum atomic E-state index is 14.3. The third kappa shape index (κ3) is 11.4. The van der Waals surface area contributed by atoms with Crippen molar-refractivity contribution in [2.45, 2.75) is 224 Å². The number of urea groups is 1. The van der Waals surface area contributed by atoms with Crippen LogP contribution < -0.4 is 10.6 Å². The average Bonchev–Trinajstić information content (AvgIpc) is 3.72. The van der Waals surface area contributed by atoms with Crippen molar-refractivity contribution in [3.8, 4) is 0 Å². The molecule has 6 rings (SSSR count). The summed E-state index contributed by atoms with van der Waals surface area (Å²) in [5, 5.41) is 16.4. The second-order valence-corrected chi connectivity index (χ2v) is 17.8. The van der Waals surface area contributed by atoms with Gasteiger partial charge in [-0.25, -0.2) is 9.78 Å². The van der Waals surface area contributed by atoms with Gasteiger partial charge in [0, 0.05) is 25.6 Å². The molecule has 2 saturated carbocycles. The monoisotopic (exact) mass is 792 g/mol. The number of carbonyl (C=O) groups excluding carboxylic acids is 1. The molecule has 1 aromatic rings. The van der Waals surface area contributed by atoms with Crippen molar-refractivity contribution in [2.24, 2.45) is 11.0 Å². The minimum absolute atomic E-state index is 0.104. The number of piperidine rings is 1. The van der Waals surface area contributed by atoms with Gasteiger partial charge in [-0.05, 0) is 69.1 Å². The predicted octanol–water partition coefficient (Wildman–Crippen LogP) is 9.29. The smallest absolute Gasteiger partial charge is 0.333 e. The molecule has 0 bridgehead atoms. The standard InChI is InChI=1S/C45H77N9O3/c1-5-8-9-10-11-12-13-14-15-16-17-18-19-24-35-25-22-26-37(33-35)56-32-23-29-40-49-43-45(42(46-4)51-54(43)50-40)53(41-31-30-36(34-47-41)52(6-2)7-3)44(55)48-38-27-20-21-28-39(38)57-45/h35-39,41,47H,5-34H2,1-3H3,(H,48,55). The minimum atomic E-state index is -1.53. The van der Waals surface area contributed by atoms with Crippen molar-refractivity contribution < 1.29 is 14.3 Å². The summed E-state index contributed by atoms with van der Waals surface area (Å²) in [6.07, 6.45) is 31.2. The van der Waals surface area contributed by atoms with E-state index in [1.54, 1.807) is 4.90 Å². The van der Waals surface area contributed by atoms with Gasteiger partial charge in [-0.1, -0.05) is 148 Å². The molecule has 5 aliphatic rings. The molecule has 0 aromatic carbocycles. The number of unbranched alkanes of at least 4 members (excludes halogenated alkanes) is 12. The van der Waals surface area contributed by atoms with Gasteiger partial charge in [0.2, 0.25) is 5.82 Å². The number of hydrogen-bond donors (Lipinski definition) is 2. The Bertz CT molecular complexity index is 1430. The van der Waals surface area contributed by atoms with E-state index in [9.17, 15) is 4.79 Å². The van der Waals surface area contributed by atoms with Crippen LogP contribution in [0, 0.1) is 12.5 Å². The van der Waals surface area contributed by atoms with Crippen LogP contribution in [0.5, 0.6) is 0 Å². The van der Waals surface area contributed by atoms with Crippen molar-refractivity contribution in [1.82, 2.24) is 35.3 Å². The first-order valence-corrected chi connectivity index (χ1v) is 23.8. The molecule has 12 heteroatoms. The van der Waals surface area contributed by atoms with Gasteiger partial charge < -0.3 is 19.6 Å². The molecule has 1 aromatic heterocycles. The zero-order chi connectivity index (χ0) is 39.9. The molecule has 2 amide bonds. The Morgan fingerprint density at radius 3 is 2.28 bits per heavy atom. The minimum Gasteiger partial charge on any atom is -0.378 e. The third-order valence-electron chi connectivity index (χ3n) is 13.8. The highest BCUT2D eigenvalue weighted by molar-refractivity contribution is 6.02. The lowest BCUT2D eigenvalue weighted by molar-refractivity contribution is -0.150. The number of ether oxygens (including phenoxy) is 2. The van der Waals surface area contributed by atoms with Crippen LogP contribution >= 0.6 is 0 Å². The van der Waals surface area contributed by atoms with E-state index in [1.807, 2.05) is 0 Å². The van der Waals surface area contributed by atoms with E-state index in [4.69, 9.17) is 26.1 Å². The summed E-state index contributed by atoms with van der Waals surface area (Å²) >= 11 is 0. The fourth-order valence-corrected chi connectivity index (χ4v) is 10.5. The Hall–Kier alpha value is -2.59. The molecule has 7 atom stereocenters. The Labute approximate surface area is 344 Å². The molecule has 1 spiro atoms. The highest BCUT2D eigenvalue weighted by Gasteiger charge is 2.62. The molecule has 4 heterocycles. The quantitative estimate of drug-likeness (QED) is 0.0840. The van der Waals surface area contributed by atoms with Crippen LogP contribution in [0.3, 0.4) is 0 Å². The Balaban J connectivity index is 0.981. The summed E-state index contributed by atoms with van der Waals surface area (Å²) in [5.74, 6) is 1.97. The lowest BCUT2D eigenvalue weighted by Gasteiger charge is -2.46. The largest absolute Gasteiger partial charge is 0.378 e. The molecule has 2 aliphatic carbocycles. The van der Waals surface area contributed by atoms with Gasteiger partial charge in [0.1, 0.15) is 0 Å². The molecule has 57 heavy (non-hydrogen) atoms. The van der Waals surface area contributed by atoms with Gasteiger partial charge in [0.25, 0.3) is 5.72 Å². The molecular formula is C45H77N9O3. The normalized spacial score (nSPS) is 28.9. The zero-order valence-corrected chi connectivity index (χ0v) is 36.0. The Morgan fingerprint density at radius 1 is 0.877 bits per heavy atom. The van der Waals surface area contributed by atoms with E-state index in [1.165, 1.54) is 114 Å². The van der Waals surface area contributed by atoms with Gasteiger partial charge in [0.05, 0.1) is 24.4 Å². The number of likely N-dealkylation sites (N-methyl/N-ethyl adjacent to an activating group) is 1. The number of nitrogens with one attached hydrogen (secondary N) is 2. The first-order valence-electron chi connectivity index (χ1n) is 23.8. The zero-order valence-electron chi connectivity index (χ0n) is 36.0. The van der Waals surface area contributed by atoms with E-state index in [2.05, 4.69) is 46.3 Å². The molecule has 2 N–H and O–H groups in total. The number of carbonyl (C=O) groups is 1. The van der Waals surface area contributed by atoms with Crippen molar-refractivity contribution >= 4 is 11.9 Å². The first-order chi connectivity index (χ1) is 28.0. The van der Waals surface area contributed by atoms with Crippen LogP contribution in [0.25, 0.3) is 4.85 Å². The lowest BCUT2D eigenvalue weighted by Crippen LogP contribution is -2.66. The topological polar surface area (TPSA) is 114 Å². The van der Waals surface area contributed by atoms with Crippen LogP contribution in [0.1, 0.15) is 193 Å². The molecule has 0 radical (unpaired) electrons. The summed E-state index contributed by atoms with van der Waals surface area (Å²) in [6.45, 7) is 18.3. The van der Waals surface area contributed by atoms with Crippen LogP contribution in [0.2, 0.25) is 0 Å². The number of amides is 2. The van der Waals surface area contributed by atoms with Gasteiger partial charge in [-0.3, -0.25) is 15.1 Å². The van der Waals surface area contributed by atoms with E-state index < -0.39 is 5.72 Å². The second kappa shape index (κ2) is 22.7. The summed E-state index contributed by atoms with van der Waals surface area (Å²) < 4.78 is 13.5. The van der Waals surface area contributed by atoms with Gasteiger partial charge >= 0.3 is 11.9 Å². The van der Waals surface area contributed by atoms with E-state index in [-0.39, 0.29) is 30.2 Å². The van der Waals surface area contributed by atoms with Crippen LogP contribution in [-0.2, 0) is 21.6 Å². The average molecular weight is 792 g/mol. The van der Waals surface area contributed by atoms with E-state index in [0.717, 1.165) is 76.9 Å². The van der Waals surface area contributed by atoms with Gasteiger partial charge in [-0.2, -0.15) is 0 Å². The number of fused-ring (bicyclic) bond motifs is 3. The van der Waals surface area contributed by atoms with Crippen LogP contribution in [-0.4, -0.2) is 93.2 Å². The number of rotatable bonds is 23. The fraction of sp³-hybridized carbons (Fsp3) is 0.889. The number of aromatic nitrogens is 3. The van der Waals surface area contributed by atoms with Crippen molar-refractivity contribution in [3.63, 3.8) is 0 Å². The summed E-state index contributed by atoms with van der Waals surface area (Å²) in [4.78, 5) is 28.9. The molecule has 3 aliphatic heterocycles. The highest BCUT2D eigenvalue weighted by Crippen LogP contribution is 2.43. The second-order valence-electron chi connectivity index (χ2n) is 17.8. The summed E-state index contributed by atoms with van der Waals surface area (Å²) in [6, 6.07) is 0.0460. The van der Waals surface area contributed by atoms with Crippen molar-refractivity contribution in [3.05, 3.63) is 23.1 Å². The highest BCUT2D eigenvalue weighted by atomic mass is 16.5. The number of nitrogens with zero attached hydrogens (tertiary/aromatic N) is 7. The number of amidine groups is 1. The lowest BCUT2D eigenvalue weighted by atomic mass is 9.84. The van der Waals surface area contributed by atoms with Crippen LogP contribution in [0.4, 0.5) is 4.79 Å². The molecule has 7 unspecified atom stereocenters. The van der Waals surface area contributed by atoms with Crippen molar-refractivity contribution in [1.29, 1.82) is 0 Å². The Morgan fingerprint density at radius 2 is 1.60 bits per heavy atom. The van der Waals surface area contributed by atoms with E-state index >= 15 is 0 Å². The van der Waals surface area contributed by atoms with Crippen LogP contribution in [0.15, 0.2) is 5.10 Å².